The van der Waals surface area contributed by atoms with Crippen molar-refractivity contribution in [2.24, 2.45) is 9.98 Å². The lowest BCUT2D eigenvalue weighted by molar-refractivity contribution is 0.140. The second-order valence-corrected chi connectivity index (χ2v) is 9.20. The van der Waals surface area contributed by atoms with Crippen molar-refractivity contribution in [3.8, 4) is 17.2 Å². The standard InChI is InChI=1S/C29H34N4O3/c1-21-8-10-27(35)24(17-21)20-31-12-14-33-16-15-32(29(33)25-9-7-22(2)18-28(25)36)13-11-30-19-23-5-3-4-6-26(23)34/h3-10,17-20,29,34-36H,11-16H2,1-2H3. The van der Waals surface area contributed by atoms with Crippen molar-refractivity contribution in [3.63, 3.8) is 0 Å². The first kappa shape index (κ1) is 25.4. The van der Waals surface area contributed by atoms with Gasteiger partial charge in [0.05, 0.1) is 19.3 Å². The summed E-state index contributed by atoms with van der Waals surface area (Å²) in [6.07, 6.45) is 3.35. The van der Waals surface area contributed by atoms with Gasteiger partial charge in [-0.3, -0.25) is 19.8 Å². The number of para-hydroxylation sites is 1. The molecule has 1 heterocycles. The molecular formula is C29H34N4O3. The van der Waals surface area contributed by atoms with Crippen LogP contribution in [-0.2, 0) is 0 Å². The Balaban J connectivity index is 1.44. The van der Waals surface area contributed by atoms with Gasteiger partial charge in [-0.05, 0) is 49.7 Å². The van der Waals surface area contributed by atoms with E-state index in [0.717, 1.165) is 42.9 Å². The largest absolute Gasteiger partial charge is 0.508 e. The molecule has 0 bridgehead atoms. The first-order valence-electron chi connectivity index (χ1n) is 12.3. The van der Waals surface area contributed by atoms with E-state index in [2.05, 4.69) is 19.8 Å². The Labute approximate surface area is 212 Å². The van der Waals surface area contributed by atoms with Gasteiger partial charge in [-0.2, -0.15) is 0 Å². The van der Waals surface area contributed by atoms with E-state index in [1.807, 2.05) is 50.2 Å². The SMILES string of the molecule is Cc1ccc(C2N(CCN=Cc3ccccc3O)CCN2CCN=Cc2cc(C)ccc2O)c(O)c1. The van der Waals surface area contributed by atoms with Crippen LogP contribution in [0.25, 0.3) is 0 Å². The summed E-state index contributed by atoms with van der Waals surface area (Å²) in [5.74, 6) is 0.738. The molecule has 1 aliphatic rings. The molecule has 3 N–H and O–H groups in total. The van der Waals surface area contributed by atoms with Crippen LogP contribution in [0.2, 0.25) is 0 Å². The van der Waals surface area contributed by atoms with Crippen LogP contribution in [0.1, 0.15) is 34.0 Å². The van der Waals surface area contributed by atoms with Crippen LogP contribution in [0.4, 0.5) is 0 Å². The minimum Gasteiger partial charge on any atom is -0.508 e. The Bertz CT molecular complexity index is 1240. The summed E-state index contributed by atoms with van der Waals surface area (Å²) < 4.78 is 0. The van der Waals surface area contributed by atoms with Gasteiger partial charge in [0.2, 0.25) is 0 Å². The number of phenols is 3. The molecule has 3 aromatic carbocycles. The molecular weight excluding hydrogens is 452 g/mol. The summed E-state index contributed by atoms with van der Waals surface area (Å²) in [4.78, 5) is 13.7. The fourth-order valence-corrected chi connectivity index (χ4v) is 4.54. The van der Waals surface area contributed by atoms with Crippen molar-refractivity contribution in [3.05, 3.63) is 88.5 Å². The van der Waals surface area contributed by atoms with Gasteiger partial charge in [-0.1, -0.05) is 35.9 Å². The molecule has 1 aliphatic heterocycles. The minimum absolute atomic E-state index is 0.0755. The van der Waals surface area contributed by atoms with Crippen molar-refractivity contribution in [2.45, 2.75) is 20.0 Å². The number of nitrogens with zero attached hydrogens (tertiary/aromatic N) is 4. The molecule has 0 radical (unpaired) electrons. The van der Waals surface area contributed by atoms with E-state index in [4.69, 9.17) is 0 Å². The molecule has 36 heavy (non-hydrogen) atoms. The zero-order valence-electron chi connectivity index (χ0n) is 20.9. The highest BCUT2D eigenvalue weighted by atomic mass is 16.3. The van der Waals surface area contributed by atoms with Crippen LogP contribution < -0.4 is 0 Å². The first-order chi connectivity index (χ1) is 17.4. The summed E-state index contributed by atoms with van der Waals surface area (Å²) in [5.41, 5.74) is 4.38. The first-order valence-corrected chi connectivity index (χ1v) is 12.3. The Morgan fingerprint density at radius 3 is 1.97 bits per heavy atom. The highest BCUT2D eigenvalue weighted by Gasteiger charge is 2.34. The van der Waals surface area contributed by atoms with E-state index >= 15 is 0 Å². The molecule has 4 rings (SSSR count). The van der Waals surface area contributed by atoms with Crippen LogP contribution in [-0.4, -0.2) is 76.8 Å². The van der Waals surface area contributed by atoms with Crippen molar-refractivity contribution < 1.29 is 15.3 Å². The predicted octanol–water partition coefficient (Wildman–Crippen LogP) is 4.27. The summed E-state index contributed by atoms with van der Waals surface area (Å²) >= 11 is 0. The third-order valence-electron chi connectivity index (χ3n) is 6.44. The molecule has 1 saturated heterocycles. The molecule has 0 aromatic heterocycles. The third kappa shape index (κ3) is 6.30. The van der Waals surface area contributed by atoms with Gasteiger partial charge in [0.25, 0.3) is 0 Å². The van der Waals surface area contributed by atoms with Gasteiger partial charge in [0.15, 0.2) is 0 Å². The van der Waals surface area contributed by atoms with E-state index in [1.165, 1.54) is 0 Å². The topological polar surface area (TPSA) is 91.9 Å². The predicted molar refractivity (Wildman–Crippen MR) is 145 cm³/mol. The van der Waals surface area contributed by atoms with Crippen molar-refractivity contribution in [1.82, 2.24) is 9.80 Å². The second-order valence-electron chi connectivity index (χ2n) is 9.20. The maximum absolute atomic E-state index is 10.7. The molecule has 1 unspecified atom stereocenters. The van der Waals surface area contributed by atoms with Crippen LogP contribution in [0.5, 0.6) is 17.2 Å². The fourth-order valence-electron chi connectivity index (χ4n) is 4.54. The Kier molecular flexibility index (Phi) is 8.36. The number of aliphatic imine (C=N–C) groups is 2. The number of aromatic hydroxyl groups is 3. The molecule has 0 amide bonds. The summed E-state index contributed by atoms with van der Waals surface area (Å²) in [6.45, 7) is 8.26. The number of benzene rings is 3. The molecule has 0 spiro atoms. The van der Waals surface area contributed by atoms with Gasteiger partial charge in [0, 0.05) is 55.3 Å². The van der Waals surface area contributed by atoms with Crippen LogP contribution in [0, 0.1) is 13.8 Å². The summed E-state index contributed by atoms with van der Waals surface area (Å²) in [6, 6.07) is 18.5. The molecule has 7 heteroatoms. The average molecular weight is 487 g/mol. The van der Waals surface area contributed by atoms with Gasteiger partial charge >= 0.3 is 0 Å². The van der Waals surface area contributed by atoms with Crippen molar-refractivity contribution in [2.75, 3.05) is 39.3 Å². The van der Waals surface area contributed by atoms with Gasteiger partial charge in [0.1, 0.15) is 17.2 Å². The average Bonchev–Trinajstić information content (AvgIpc) is 3.25. The van der Waals surface area contributed by atoms with Crippen molar-refractivity contribution >= 4 is 12.4 Å². The molecule has 0 saturated carbocycles. The number of hydrogen-bond donors (Lipinski definition) is 3. The van der Waals surface area contributed by atoms with Crippen LogP contribution in [0.3, 0.4) is 0 Å². The van der Waals surface area contributed by atoms with Gasteiger partial charge in [-0.25, -0.2) is 0 Å². The lowest BCUT2D eigenvalue weighted by atomic mass is 10.1. The zero-order valence-corrected chi connectivity index (χ0v) is 20.9. The van der Waals surface area contributed by atoms with E-state index in [0.29, 0.717) is 30.0 Å². The molecule has 1 fully saturated rings. The zero-order chi connectivity index (χ0) is 25.5. The highest BCUT2D eigenvalue weighted by molar-refractivity contribution is 5.84. The smallest absolute Gasteiger partial charge is 0.124 e. The quantitative estimate of drug-likeness (QED) is 0.393. The van der Waals surface area contributed by atoms with E-state index in [-0.39, 0.29) is 17.7 Å². The Morgan fingerprint density at radius 2 is 1.31 bits per heavy atom. The number of hydrogen-bond acceptors (Lipinski definition) is 7. The Morgan fingerprint density at radius 1 is 0.722 bits per heavy atom. The van der Waals surface area contributed by atoms with E-state index in [9.17, 15) is 15.3 Å². The minimum atomic E-state index is -0.0755. The number of aryl methyl sites for hydroxylation is 2. The molecule has 3 aromatic rings. The van der Waals surface area contributed by atoms with E-state index in [1.54, 1.807) is 36.7 Å². The van der Waals surface area contributed by atoms with Gasteiger partial charge in [-0.15, -0.1) is 0 Å². The maximum atomic E-state index is 10.7. The molecule has 1 atom stereocenters. The van der Waals surface area contributed by atoms with E-state index < -0.39 is 0 Å². The number of phenolic OH excluding ortho intramolecular Hbond substituents is 3. The monoisotopic (exact) mass is 486 g/mol. The molecule has 188 valence electrons. The maximum Gasteiger partial charge on any atom is 0.124 e. The Hall–Kier alpha value is -3.68. The van der Waals surface area contributed by atoms with Crippen LogP contribution in [0.15, 0.2) is 70.6 Å². The number of rotatable bonds is 9. The summed E-state index contributed by atoms with van der Waals surface area (Å²) in [5, 5.41) is 30.7. The highest BCUT2D eigenvalue weighted by Crippen LogP contribution is 2.35. The third-order valence-corrected chi connectivity index (χ3v) is 6.44. The fraction of sp³-hybridized carbons (Fsp3) is 0.310. The summed E-state index contributed by atoms with van der Waals surface area (Å²) in [7, 11) is 0. The van der Waals surface area contributed by atoms with Crippen LogP contribution >= 0.6 is 0 Å². The lowest BCUT2D eigenvalue weighted by Crippen LogP contribution is -2.34. The lowest BCUT2D eigenvalue weighted by Gasteiger charge is -2.30. The molecule has 7 nitrogen and oxygen atoms in total. The van der Waals surface area contributed by atoms with Crippen molar-refractivity contribution in [1.29, 1.82) is 0 Å². The normalized spacial score (nSPS) is 17.0. The van der Waals surface area contributed by atoms with Gasteiger partial charge < -0.3 is 15.3 Å². The second kappa shape index (κ2) is 11.8. The molecule has 0 aliphatic carbocycles.